The number of cyclic esters (lactones) is 1. The van der Waals surface area contributed by atoms with Crippen LogP contribution in [-0.4, -0.2) is 43.9 Å². The predicted molar refractivity (Wildman–Crippen MR) is 111 cm³/mol. The number of nitrogen functional groups attached to an aromatic ring is 1. The molecule has 0 aliphatic carbocycles. The second kappa shape index (κ2) is 7.12. The van der Waals surface area contributed by atoms with Gasteiger partial charge in [-0.2, -0.15) is 0 Å². The van der Waals surface area contributed by atoms with Gasteiger partial charge in [0.1, 0.15) is 23.8 Å². The van der Waals surface area contributed by atoms with Gasteiger partial charge in [-0.1, -0.05) is 12.1 Å². The molecule has 30 heavy (non-hydrogen) atoms. The lowest BCUT2D eigenvalue weighted by Gasteiger charge is -2.13. The third kappa shape index (κ3) is 2.92. The highest BCUT2D eigenvalue weighted by Crippen LogP contribution is 2.31. The molecule has 9 nitrogen and oxygen atoms in total. The first-order valence-corrected chi connectivity index (χ1v) is 9.40. The van der Waals surface area contributed by atoms with E-state index in [0.717, 1.165) is 11.3 Å². The molecule has 3 N–H and O–H groups in total. The molecule has 5 rings (SSSR count). The summed E-state index contributed by atoms with van der Waals surface area (Å²) in [7, 11) is 0. The Morgan fingerprint density at radius 2 is 1.93 bits per heavy atom. The number of anilines is 2. The fraction of sp³-hybridized carbons (Fsp3) is 0.143. The maximum absolute atomic E-state index is 12.0. The lowest BCUT2D eigenvalue weighted by atomic mass is 10.2. The van der Waals surface area contributed by atoms with E-state index in [2.05, 4.69) is 4.98 Å². The number of hydrogen-bond acceptors (Lipinski definition) is 7. The molecule has 4 aromatic rings. The quantitative estimate of drug-likeness (QED) is 0.538. The largest absolute Gasteiger partial charge is 0.447 e. The van der Waals surface area contributed by atoms with Gasteiger partial charge in [-0.15, -0.1) is 0 Å². The molecule has 1 aromatic carbocycles. The van der Waals surface area contributed by atoms with Crippen molar-refractivity contribution in [2.24, 2.45) is 0 Å². The molecule has 0 spiro atoms. The topological polar surface area (TPSA) is 119 Å². The summed E-state index contributed by atoms with van der Waals surface area (Å²) in [5.74, 6) is 1.43. The summed E-state index contributed by atoms with van der Waals surface area (Å²) in [6, 6.07) is 14.6. The normalized spacial score (nSPS) is 13.8. The molecule has 0 atom stereocenters. The fourth-order valence-electron chi connectivity index (χ4n) is 3.48. The molecule has 0 bridgehead atoms. The van der Waals surface area contributed by atoms with Crippen LogP contribution < -0.4 is 10.6 Å². The maximum atomic E-state index is 12.0. The van der Waals surface area contributed by atoms with Crippen LogP contribution in [0.15, 0.2) is 54.7 Å². The van der Waals surface area contributed by atoms with Crippen LogP contribution in [0.1, 0.15) is 5.56 Å². The number of nitrogens with two attached hydrogens (primary N) is 1. The number of aromatic nitrogens is 4. The highest BCUT2D eigenvalue weighted by atomic mass is 16.6. The van der Waals surface area contributed by atoms with Crippen LogP contribution in [0, 0.1) is 0 Å². The van der Waals surface area contributed by atoms with Gasteiger partial charge in [-0.25, -0.2) is 19.7 Å². The molecular formula is C21H18N6O3. The van der Waals surface area contributed by atoms with Crippen molar-refractivity contribution in [2.75, 3.05) is 23.8 Å². The number of fused-ring (bicyclic) bond motifs is 1. The smallest absolute Gasteiger partial charge is 0.415 e. The molecule has 1 saturated heterocycles. The average molecular weight is 402 g/mol. The molecule has 0 radical (unpaired) electrons. The summed E-state index contributed by atoms with van der Waals surface area (Å²) in [5.41, 5.74) is 9.60. The van der Waals surface area contributed by atoms with Gasteiger partial charge in [0.05, 0.1) is 18.7 Å². The SMILES string of the molecule is Nc1ncccc1-c1nc2ccc(N3CCOC3=O)nc2n1-c1ccc(CO)cc1. The molecule has 1 amide bonds. The van der Waals surface area contributed by atoms with E-state index in [9.17, 15) is 9.90 Å². The summed E-state index contributed by atoms with van der Waals surface area (Å²) in [6.45, 7) is 0.726. The van der Waals surface area contributed by atoms with E-state index in [0.29, 0.717) is 47.3 Å². The van der Waals surface area contributed by atoms with E-state index in [1.807, 2.05) is 41.0 Å². The van der Waals surface area contributed by atoms with Gasteiger partial charge in [-0.3, -0.25) is 9.47 Å². The fourth-order valence-corrected chi connectivity index (χ4v) is 3.48. The van der Waals surface area contributed by atoms with E-state index in [-0.39, 0.29) is 6.61 Å². The number of rotatable bonds is 4. The first-order valence-electron chi connectivity index (χ1n) is 9.40. The van der Waals surface area contributed by atoms with E-state index in [1.54, 1.807) is 18.3 Å². The first-order chi connectivity index (χ1) is 14.7. The number of ether oxygens (including phenoxy) is 1. The van der Waals surface area contributed by atoms with Crippen molar-refractivity contribution in [2.45, 2.75) is 6.61 Å². The number of imidazole rings is 1. The van der Waals surface area contributed by atoms with Crippen LogP contribution in [0.2, 0.25) is 0 Å². The van der Waals surface area contributed by atoms with Gasteiger partial charge in [0, 0.05) is 11.9 Å². The van der Waals surface area contributed by atoms with Crippen molar-refractivity contribution in [1.82, 2.24) is 19.5 Å². The Hall–Kier alpha value is -3.98. The van der Waals surface area contributed by atoms with Gasteiger partial charge >= 0.3 is 6.09 Å². The lowest BCUT2D eigenvalue weighted by Crippen LogP contribution is -2.24. The Bertz CT molecular complexity index is 1250. The number of carbonyl (C=O) groups excluding carboxylic acids is 1. The zero-order valence-corrected chi connectivity index (χ0v) is 15.9. The Morgan fingerprint density at radius 1 is 1.10 bits per heavy atom. The molecule has 0 saturated carbocycles. The number of nitrogens with zero attached hydrogens (tertiary/aromatic N) is 5. The van der Waals surface area contributed by atoms with E-state index in [1.165, 1.54) is 4.90 Å². The molecule has 0 unspecified atom stereocenters. The number of benzene rings is 1. The van der Waals surface area contributed by atoms with Gasteiger partial charge in [0.25, 0.3) is 0 Å². The first kappa shape index (κ1) is 18.1. The van der Waals surface area contributed by atoms with Crippen LogP contribution in [0.5, 0.6) is 0 Å². The zero-order chi connectivity index (χ0) is 20.7. The van der Waals surface area contributed by atoms with Crippen LogP contribution in [0.4, 0.5) is 16.4 Å². The van der Waals surface area contributed by atoms with Gasteiger partial charge in [0.2, 0.25) is 0 Å². The molecular weight excluding hydrogens is 384 g/mol. The number of amides is 1. The van der Waals surface area contributed by atoms with Crippen molar-refractivity contribution in [3.63, 3.8) is 0 Å². The number of aliphatic hydroxyl groups excluding tert-OH is 1. The highest BCUT2D eigenvalue weighted by molar-refractivity contribution is 5.90. The highest BCUT2D eigenvalue weighted by Gasteiger charge is 2.26. The van der Waals surface area contributed by atoms with Crippen molar-refractivity contribution in [3.8, 4) is 17.1 Å². The molecule has 3 aromatic heterocycles. The van der Waals surface area contributed by atoms with E-state index < -0.39 is 6.09 Å². The van der Waals surface area contributed by atoms with E-state index in [4.69, 9.17) is 20.4 Å². The van der Waals surface area contributed by atoms with Crippen molar-refractivity contribution >= 4 is 28.9 Å². The van der Waals surface area contributed by atoms with Crippen LogP contribution in [0.3, 0.4) is 0 Å². The molecule has 1 fully saturated rings. The Labute approximate surface area is 171 Å². The minimum Gasteiger partial charge on any atom is -0.447 e. The minimum atomic E-state index is -0.419. The second-order valence-corrected chi connectivity index (χ2v) is 6.81. The number of pyridine rings is 2. The summed E-state index contributed by atoms with van der Waals surface area (Å²) in [4.78, 5) is 27.1. The molecule has 9 heteroatoms. The van der Waals surface area contributed by atoms with Gasteiger partial charge in [0.15, 0.2) is 11.5 Å². The van der Waals surface area contributed by atoms with Crippen molar-refractivity contribution < 1.29 is 14.6 Å². The van der Waals surface area contributed by atoms with Crippen molar-refractivity contribution in [1.29, 1.82) is 0 Å². The third-order valence-electron chi connectivity index (χ3n) is 4.98. The standard InChI is InChI=1S/C21H18N6O3/c22-18-15(2-1-9-23-18)19-24-16-7-8-17(26-10-11-30-21(26)29)25-20(16)27(19)14-5-3-13(12-28)4-6-14/h1-9,28H,10-12H2,(H2,22,23). The Kier molecular flexibility index (Phi) is 4.29. The minimum absolute atomic E-state index is 0.0488. The molecule has 150 valence electrons. The Morgan fingerprint density at radius 3 is 2.63 bits per heavy atom. The van der Waals surface area contributed by atoms with Crippen LogP contribution >= 0.6 is 0 Å². The molecule has 1 aliphatic heterocycles. The zero-order valence-electron chi connectivity index (χ0n) is 15.9. The Balaban J connectivity index is 1.76. The van der Waals surface area contributed by atoms with E-state index >= 15 is 0 Å². The maximum Gasteiger partial charge on any atom is 0.415 e. The van der Waals surface area contributed by atoms with Crippen LogP contribution in [0.25, 0.3) is 28.2 Å². The predicted octanol–water partition coefficient (Wildman–Crippen LogP) is 2.51. The van der Waals surface area contributed by atoms with Gasteiger partial charge < -0.3 is 15.6 Å². The second-order valence-electron chi connectivity index (χ2n) is 6.81. The van der Waals surface area contributed by atoms with Gasteiger partial charge in [-0.05, 0) is 42.0 Å². The average Bonchev–Trinajstić information content (AvgIpc) is 3.37. The number of carbonyl (C=O) groups is 1. The summed E-state index contributed by atoms with van der Waals surface area (Å²) in [5, 5.41) is 9.38. The molecule has 1 aliphatic rings. The third-order valence-corrected chi connectivity index (χ3v) is 4.98. The molecule has 4 heterocycles. The van der Waals surface area contributed by atoms with Crippen LogP contribution in [-0.2, 0) is 11.3 Å². The van der Waals surface area contributed by atoms with Crippen molar-refractivity contribution in [3.05, 3.63) is 60.3 Å². The number of hydrogen-bond donors (Lipinski definition) is 2. The number of aliphatic hydroxyl groups is 1. The summed E-state index contributed by atoms with van der Waals surface area (Å²) < 4.78 is 6.91. The monoisotopic (exact) mass is 402 g/mol. The summed E-state index contributed by atoms with van der Waals surface area (Å²) in [6.07, 6.45) is 1.20. The lowest BCUT2D eigenvalue weighted by molar-refractivity contribution is 0.181. The summed E-state index contributed by atoms with van der Waals surface area (Å²) >= 11 is 0.